The first-order valence-electron chi connectivity index (χ1n) is 8.83. The SMILES string of the molecule is C[C@@H](OC(=O)CCCN1C(=O)c2ccccc2C1=O)C(=O)c1ccc(F)cc1. The number of ether oxygens (including phenoxy) is 1. The van der Waals surface area contributed by atoms with Gasteiger partial charge in [0.1, 0.15) is 5.82 Å². The number of ketones is 1. The maximum absolute atomic E-state index is 12.9. The molecule has 0 aliphatic carbocycles. The zero-order valence-corrected chi connectivity index (χ0v) is 15.2. The van der Waals surface area contributed by atoms with E-state index in [-0.39, 0.29) is 36.8 Å². The van der Waals surface area contributed by atoms with Gasteiger partial charge >= 0.3 is 5.97 Å². The maximum atomic E-state index is 12.9. The molecule has 0 unspecified atom stereocenters. The fourth-order valence-electron chi connectivity index (χ4n) is 2.98. The monoisotopic (exact) mass is 383 g/mol. The van der Waals surface area contributed by atoms with E-state index in [0.29, 0.717) is 11.1 Å². The van der Waals surface area contributed by atoms with Gasteiger partial charge in [0.2, 0.25) is 5.78 Å². The lowest BCUT2D eigenvalue weighted by Crippen LogP contribution is -2.31. The minimum atomic E-state index is -1.02. The molecule has 0 fully saturated rings. The molecule has 28 heavy (non-hydrogen) atoms. The molecule has 6 nitrogen and oxygen atoms in total. The summed E-state index contributed by atoms with van der Waals surface area (Å²) in [7, 11) is 0. The smallest absolute Gasteiger partial charge is 0.306 e. The number of amides is 2. The third-order valence-electron chi connectivity index (χ3n) is 4.45. The first-order chi connectivity index (χ1) is 13.4. The summed E-state index contributed by atoms with van der Waals surface area (Å²) < 4.78 is 18.0. The summed E-state index contributed by atoms with van der Waals surface area (Å²) in [6.07, 6.45) is -0.840. The van der Waals surface area contributed by atoms with Gasteiger partial charge in [0.15, 0.2) is 6.10 Å². The number of hydrogen-bond acceptors (Lipinski definition) is 5. The van der Waals surface area contributed by atoms with Gasteiger partial charge in [0.25, 0.3) is 11.8 Å². The predicted octanol–water partition coefficient (Wildman–Crippen LogP) is 3.02. The zero-order valence-electron chi connectivity index (χ0n) is 15.2. The number of benzene rings is 2. The highest BCUT2D eigenvalue weighted by atomic mass is 19.1. The van der Waals surface area contributed by atoms with Crippen molar-refractivity contribution in [1.29, 1.82) is 0 Å². The first kappa shape index (κ1) is 19.4. The van der Waals surface area contributed by atoms with Gasteiger partial charge in [-0.15, -0.1) is 0 Å². The molecule has 7 heteroatoms. The van der Waals surface area contributed by atoms with E-state index < -0.39 is 23.7 Å². The van der Waals surface area contributed by atoms with Gasteiger partial charge in [-0.3, -0.25) is 24.1 Å². The molecule has 2 aromatic rings. The van der Waals surface area contributed by atoms with Crippen LogP contribution in [-0.4, -0.2) is 41.1 Å². The van der Waals surface area contributed by atoms with E-state index in [1.807, 2.05) is 0 Å². The molecule has 1 atom stereocenters. The second-order valence-electron chi connectivity index (χ2n) is 6.41. The van der Waals surface area contributed by atoms with Crippen molar-refractivity contribution in [1.82, 2.24) is 4.90 Å². The van der Waals surface area contributed by atoms with E-state index in [1.54, 1.807) is 24.3 Å². The number of imide groups is 1. The van der Waals surface area contributed by atoms with Crippen molar-refractivity contribution < 1.29 is 28.3 Å². The Morgan fingerprint density at radius 2 is 1.57 bits per heavy atom. The molecule has 0 bridgehead atoms. The quantitative estimate of drug-likeness (QED) is 0.417. The molecule has 3 rings (SSSR count). The van der Waals surface area contributed by atoms with Gasteiger partial charge in [-0.1, -0.05) is 12.1 Å². The highest BCUT2D eigenvalue weighted by Gasteiger charge is 2.34. The fourth-order valence-corrected chi connectivity index (χ4v) is 2.98. The fraction of sp³-hybridized carbons (Fsp3) is 0.238. The summed E-state index contributed by atoms with van der Waals surface area (Å²) in [6.45, 7) is 1.52. The Morgan fingerprint density at radius 1 is 1.00 bits per heavy atom. The summed E-state index contributed by atoms with van der Waals surface area (Å²) in [6, 6.07) is 11.5. The van der Waals surface area contributed by atoms with Gasteiger partial charge in [-0.25, -0.2) is 4.39 Å². The van der Waals surface area contributed by atoms with Crippen LogP contribution in [0.15, 0.2) is 48.5 Å². The molecule has 0 aromatic heterocycles. The number of carbonyl (C=O) groups is 4. The minimum Gasteiger partial charge on any atom is -0.454 e. The second kappa shape index (κ2) is 8.12. The van der Waals surface area contributed by atoms with E-state index in [2.05, 4.69) is 0 Å². The van der Waals surface area contributed by atoms with Gasteiger partial charge in [0.05, 0.1) is 11.1 Å². The van der Waals surface area contributed by atoms with Gasteiger partial charge < -0.3 is 4.74 Å². The number of esters is 1. The Labute approximate surface area is 160 Å². The van der Waals surface area contributed by atoms with Crippen LogP contribution in [-0.2, 0) is 9.53 Å². The van der Waals surface area contributed by atoms with Crippen LogP contribution in [0.5, 0.6) is 0 Å². The average Bonchev–Trinajstić information content (AvgIpc) is 2.93. The average molecular weight is 383 g/mol. The van der Waals surface area contributed by atoms with Crippen molar-refractivity contribution in [3.05, 3.63) is 71.0 Å². The summed E-state index contributed by atoms with van der Waals surface area (Å²) in [5.41, 5.74) is 0.954. The predicted molar refractivity (Wildman–Crippen MR) is 97.3 cm³/mol. The third kappa shape index (κ3) is 3.98. The summed E-state index contributed by atoms with van der Waals surface area (Å²) in [5, 5.41) is 0. The summed E-state index contributed by atoms with van der Waals surface area (Å²) in [4.78, 5) is 49.8. The van der Waals surface area contributed by atoms with Crippen molar-refractivity contribution in [3.63, 3.8) is 0 Å². The number of Topliss-reactive ketones (excluding diaryl/α,β-unsaturated/α-hetero) is 1. The second-order valence-corrected chi connectivity index (χ2v) is 6.41. The van der Waals surface area contributed by atoms with Crippen LogP contribution in [0.4, 0.5) is 4.39 Å². The molecule has 0 N–H and O–H groups in total. The lowest BCUT2D eigenvalue weighted by Gasteiger charge is -2.15. The third-order valence-corrected chi connectivity index (χ3v) is 4.45. The van der Waals surface area contributed by atoms with Crippen LogP contribution in [0.3, 0.4) is 0 Å². The van der Waals surface area contributed by atoms with Crippen molar-refractivity contribution in [2.24, 2.45) is 0 Å². The number of carbonyl (C=O) groups excluding carboxylic acids is 4. The lowest BCUT2D eigenvalue weighted by atomic mass is 10.1. The Hall–Kier alpha value is -3.35. The van der Waals surface area contributed by atoms with E-state index in [9.17, 15) is 23.6 Å². The van der Waals surface area contributed by atoms with Crippen LogP contribution in [0.1, 0.15) is 50.8 Å². The van der Waals surface area contributed by atoms with E-state index in [0.717, 1.165) is 17.0 Å². The number of halogens is 1. The number of nitrogens with zero attached hydrogens (tertiary/aromatic N) is 1. The van der Waals surface area contributed by atoms with Crippen molar-refractivity contribution in [3.8, 4) is 0 Å². The Morgan fingerprint density at radius 3 is 2.14 bits per heavy atom. The largest absolute Gasteiger partial charge is 0.454 e. The molecule has 0 spiro atoms. The Balaban J connectivity index is 1.48. The van der Waals surface area contributed by atoms with E-state index >= 15 is 0 Å². The lowest BCUT2D eigenvalue weighted by molar-refractivity contribution is -0.146. The Kier molecular flexibility index (Phi) is 5.63. The van der Waals surface area contributed by atoms with Crippen LogP contribution in [0, 0.1) is 5.82 Å². The molecule has 2 amide bonds. The summed E-state index contributed by atoms with van der Waals surface area (Å²) >= 11 is 0. The minimum absolute atomic E-state index is 0.0472. The number of hydrogen-bond donors (Lipinski definition) is 0. The van der Waals surface area contributed by atoms with Crippen LogP contribution in [0.2, 0.25) is 0 Å². The van der Waals surface area contributed by atoms with E-state index in [1.165, 1.54) is 19.1 Å². The molecular weight excluding hydrogens is 365 g/mol. The highest BCUT2D eigenvalue weighted by Crippen LogP contribution is 2.22. The highest BCUT2D eigenvalue weighted by molar-refractivity contribution is 6.21. The molecule has 0 radical (unpaired) electrons. The molecule has 1 heterocycles. The Bertz CT molecular complexity index is 903. The molecule has 2 aromatic carbocycles. The molecule has 0 saturated heterocycles. The molecule has 1 aliphatic rings. The molecular formula is C21H18FNO5. The van der Waals surface area contributed by atoms with Gasteiger partial charge in [-0.05, 0) is 49.7 Å². The van der Waals surface area contributed by atoms with Crippen LogP contribution in [0.25, 0.3) is 0 Å². The standard InChI is InChI=1S/C21H18FNO5/c1-13(19(25)14-8-10-15(22)11-9-14)28-18(24)7-4-12-23-20(26)16-5-2-3-6-17(16)21(23)27/h2-3,5-6,8-11,13H,4,7,12H2,1H3/t13-/m1/s1. The van der Waals surface area contributed by atoms with Crippen molar-refractivity contribution >= 4 is 23.6 Å². The molecule has 0 saturated carbocycles. The van der Waals surface area contributed by atoms with Crippen molar-refractivity contribution in [2.75, 3.05) is 6.54 Å². The number of fused-ring (bicyclic) bond motifs is 1. The first-order valence-corrected chi connectivity index (χ1v) is 8.83. The number of rotatable bonds is 7. The molecule has 1 aliphatic heterocycles. The van der Waals surface area contributed by atoms with Crippen molar-refractivity contribution in [2.45, 2.75) is 25.9 Å². The maximum Gasteiger partial charge on any atom is 0.306 e. The van der Waals surface area contributed by atoms with E-state index in [4.69, 9.17) is 4.74 Å². The normalized spacial score (nSPS) is 14.0. The van der Waals surface area contributed by atoms with Crippen LogP contribution < -0.4 is 0 Å². The van der Waals surface area contributed by atoms with Gasteiger partial charge in [0, 0.05) is 18.5 Å². The van der Waals surface area contributed by atoms with Crippen LogP contribution >= 0.6 is 0 Å². The molecule has 144 valence electrons. The van der Waals surface area contributed by atoms with Gasteiger partial charge in [-0.2, -0.15) is 0 Å². The zero-order chi connectivity index (χ0) is 20.3. The summed E-state index contributed by atoms with van der Waals surface area (Å²) in [5.74, 6) is -2.27. The topological polar surface area (TPSA) is 80.8 Å².